The summed E-state index contributed by atoms with van der Waals surface area (Å²) >= 11 is 7.13. The number of carbonyl (C=O) groups is 1. The Morgan fingerprint density at radius 1 is 1.00 bits per heavy atom. The first kappa shape index (κ1) is 15.2. The molecule has 1 atom stereocenters. The van der Waals surface area contributed by atoms with Crippen molar-refractivity contribution in [1.82, 2.24) is 0 Å². The Morgan fingerprint density at radius 2 is 1.52 bits per heavy atom. The number of Topliss-reactive ketones (excluding diaryl/α,β-unsaturated/α-hetero) is 1. The van der Waals surface area contributed by atoms with Gasteiger partial charge in [-0.2, -0.15) is 0 Å². The molecule has 2 heterocycles. The fraction of sp³-hybridized carbons (Fsp3) is 0.353. The maximum absolute atomic E-state index is 12.7. The molecule has 0 N–H and O–H groups in total. The zero-order valence-electron chi connectivity index (χ0n) is 12.5. The molecule has 0 saturated heterocycles. The highest BCUT2D eigenvalue weighted by atomic mass is 79.9. The monoisotopic (exact) mass is 380 g/mol. The molecule has 0 fully saturated rings. The third kappa shape index (κ3) is 2.58. The maximum atomic E-state index is 12.7. The first-order valence-corrected chi connectivity index (χ1v) is 9.49. The Labute approximate surface area is 141 Å². The third-order valence-corrected chi connectivity index (χ3v) is 6.56. The smallest absolute Gasteiger partial charge is 0.177 e. The van der Waals surface area contributed by atoms with Crippen LogP contribution in [0.2, 0.25) is 0 Å². The molecule has 0 aliphatic heterocycles. The van der Waals surface area contributed by atoms with Crippen molar-refractivity contribution in [3.63, 3.8) is 0 Å². The molecular formula is C17H17BrOS2. The number of alkyl halides is 1. The van der Waals surface area contributed by atoms with Crippen LogP contribution in [0.1, 0.15) is 37.1 Å². The second-order valence-corrected chi connectivity index (χ2v) is 9.57. The van der Waals surface area contributed by atoms with Gasteiger partial charge in [-0.25, -0.2) is 0 Å². The van der Waals surface area contributed by atoms with E-state index in [9.17, 15) is 4.79 Å². The molecule has 3 rings (SSSR count). The van der Waals surface area contributed by atoms with Crippen LogP contribution in [0.3, 0.4) is 0 Å². The summed E-state index contributed by atoms with van der Waals surface area (Å²) in [4.78, 5) is 17.7. The lowest BCUT2D eigenvalue weighted by Gasteiger charge is -2.06. The van der Waals surface area contributed by atoms with Crippen LogP contribution in [0.15, 0.2) is 12.1 Å². The standard InChI is InChI=1S/C17H17BrOS2/c1-8-5-12(10(3)20-8)14-7-15(18)17(19)16(14)13-6-9(2)21-11(13)4/h5-6,15H,7H2,1-4H3. The van der Waals surface area contributed by atoms with Crippen LogP contribution in [0.4, 0.5) is 0 Å². The van der Waals surface area contributed by atoms with Crippen molar-refractivity contribution in [1.29, 1.82) is 0 Å². The molecule has 0 spiro atoms. The number of ketones is 1. The lowest BCUT2D eigenvalue weighted by Crippen LogP contribution is -2.07. The summed E-state index contributed by atoms with van der Waals surface area (Å²) in [6.07, 6.45) is 0.791. The minimum atomic E-state index is -0.0817. The van der Waals surface area contributed by atoms with Gasteiger partial charge in [0.15, 0.2) is 5.78 Å². The lowest BCUT2D eigenvalue weighted by molar-refractivity contribution is -0.112. The van der Waals surface area contributed by atoms with Crippen molar-refractivity contribution in [2.45, 2.75) is 38.9 Å². The van der Waals surface area contributed by atoms with E-state index in [0.717, 1.165) is 17.6 Å². The number of thiophene rings is 2. The number of hydrogen-bond donors (Lipinski definition) is 0. The lowest BCUT2D eigenvalue weighted by atomic mass is 9.97. The van der Waals surface area contributed by atoms with Gasteiger partial charge in [-0.3, -0.25) is 4.79 Å². The SMILES string of the molecule is Cc1cc(C2=C(c3cc(C)sc3C)C(=O)C(Br)C2)c(C)s1. The summed E-state index contributed by atoms with van der Waals surface area (Å²) in [5, 5.41) is 0. The van der Waals surface area contributed by atoms with Gasteiger partial charge in [0.2, 0.25) is 0 Å². The van der Waals surface area contributed by atoms with Crippen molar-refractivity contribution < 1.29 is 4.79 Å². The van der Waals surface area contributed by atoms with E-state index in [0.29, 0.717) is 0 Å². The molecule has 1 nitrogen and oxygen atoms in total. The first-order chi connectivity index (χ1) is 9.88. The third-order valence-electron chi connectivity index (χ3n) is 3.89. The topological polar surface area (TPSA) is 17.1 Å². The zero-order chi connectivity index (χ0) is 15.3. The van der Waals surface area contributed by atoms with Crippen molar-refractivity contribution in [2.75, 3.05) is 0 Å². The van der Waals surface area contributed by atoms with Crippen molar-refractivity contribution in [2.24, 2.45) is 0 Å². The highest BCUT2D eigenvalue weighted by Crippen LogP contribution is 2.44. The summed E-state index contributed by atoms with van der Waals surface area (Å²) in [7, 11) is 0. The molecule has 1 unspecified atom stereocenters. The van der Waals surface area contributed by atoms with Crippen LogP contribution in [0.5, 0.6) is 0 Å². The molecule has 110 valence electrons. The van der Waals surface area contributed by atoms with Gasteiger partial charge in [-0.15, -0.1) is 22.7 Å². The number of halogens is 1. The Hall–Kier alpha value is -0.710. The summed E-state index contributed by atoms with van der Waals surface area (Å²) < 4.78 is 0. The van der Waals surface area contributed by atoms with Crippen LogP contribution in [-0.2, 0) is 4.79 Å². The fourth-order valence-corrected chi connectivity index (χ4v) is 5.46. The average Bonchev–Trinajstić information content (AvgIpc) is 2.98. The van der Waals surface area contributed by atoms with Crippen LogP contribution >= 0.6 is 38.6 Å². The predicted octanol–water partition coefficient (Wildman–Crippen LogP) is 5.69. The van der Waals surface area contributed by atoms with Gasteiger partial charge in [0.05, 0.1) is 4.83 Å². The molecule has 0 aromatic carbocycles. The Bertz CT molecular complexity index is 764. The minimum absolute atomic E-state index is 0.0817. The van der Waals surface area contributed by atoms with Crippen molar-refractivity contribution >= 4 is 55.5 Å². The van der Waals surface area contributed by atoms with E-state index in [1.54, 1.807) is 22.7 Å². The molecule has 0 bridgehead atoms. The number of aryl methyl sites for hydroxylation is 4. The zero-order valence-corrected chi connectivity index (χ0v) is 15.8. The molecule has 2 aromatic rings. The van der Waals surface area contributed by atoms with Crippen LogP contribution in [0.25, 0.3) is 11.1 Å². The molecule has 0 amide bonds. The molecule has 4 heteroatoms. The largest absolute Gasteiger partial charge is 0.293 e. The van der Waals surface area contributed by atoms with Gasteiger partial charge in [0.1, 0.15) is 0 Å². The van der Waals surface area contributed by atoms with E-state index in [-0.39, 0.29) is 10.6 Å². The molecular weight excluding hydrogens is 364 g/mol. The van der Waals surface area contributed by atoms with Crippen molar-refractivity contribution in [3.8, 4) is 0 Å². The Kier molecular flexibility index (Phi) is 3.97. The van der Waals surface area contributed by atoms with E-state index in [4.69, 9.17) is 0 Å². The van der Waals surface area contributed by atoms with Crippen LogP contribution in [0, 0.1) is 27.7 Å². The van der Waals surface area contributed by atoms with Crippen molar-refractivity contribution in [3.05, 3.63) is 42.8 Å². The maximum Gasteiger partial charge on any atom is 0.177 e. The van der Waals surface area contributed by atoms with Gasteiger partial charge in [-0.05, 0) is 62.9 Å². The summed E-state index contributed by atoms with van der Waals surface area (Å²) in [5.74, 6) is 0.231. The van der Waals surface area contributed by atoms with Crippen LogP contribution in [-0.4, -0.2) is 10.6 Å². The van der Waals surface area contributed by atoms with Gasteiger partial charge < -0.3 is 0 Å². The second-order valence-electron chi connectivity index (χ2n) is 5.54. The van der Waals surface area contributed by atoms with E-state index in [2.05, 4.69) is 55.8 Å². The number of hydrogen-bond acceptors (Lipinski definition) is 3. The van der Waals surface area contributed by atoms with E-state index < -0.39 is 0 Å². The molecule has 1 aliphatic carbocycles. The van der Waals surface area contributed by atoms with Gasteiger partial charge in [-0.1, -0.05) is 15.9 Å². The highest BCUT2D eigenvalue weighted by Gasteiger charge is 2.34. The number of rotatable bonds is 2. The Balaban J connectivity index is 2.24. The van der Waals surface area contributed by atoms with E-state index >= 15 is 0 Å². The van der Waals surface area contributed by atoms with Gasteiger partial charge in [0, 0.05) is 25.1 Å². The number of allylic oxidation sites excluding steroid dienone is 2. The summed E-state index contributed by atoms with van der Waals surface area (Å²) in [6.45, 7) is 8.49. The quantitative estimate of drug-likeness (QED) is 0.611. The summed E-state index contributed by atoms with van der Waals surface area (Å²) in [5.41, 5.74) is 4.53. The minimum Gasteiger partial charge on any atom is -0.293 e. The normalized spacial score (nSPS) is 18.9. The van der Waals surface area contributed by atoms with Gasteiger partial charge >= 0.3 is 0 Å². The highest BCUT2D eigenvalue weighted by molar-refractivity contribution is 9.10. The molecule has 21 heavy (non-hydrogen) atoms. The first-order valence-electron chi connectivity index (χ1n) is 6.94. The molecule has 0 saturated carbocycles. The van der Waals surface area contributed by atoms with Crippen LogP contribution < -0.4 is 0 Å². The number of carbonyl (C=O) groups excluding carboxylic acids is 1. The fourth-order valence-electron chi connectivity index (χ4n) is 3.03. The van der Waals surface area contributed by atoms with Gasteiger partial charge in [0.25, 0.3) is 0 Å². The molecule has 1 aliphatic rings. The summed E-state index contributed by atoms with van der Waals surface area (Å²) in [6, 6.07) is 4.38. The second kappa shape index (κ2) is 5.49. The van der Waals surface area contributed by atoms with E-state index in [1.165, 1.54) is 30.6 Å². The predicted molar refractivity (Wildman–Crippen MR) is 96.7 cm³/mol. The van der Waals surface area contributed by atoms with E-state index in [1.807, 2.05) is 0 Å². The molecule has 2 aromatic heterocycles. The molecule has 0 radical (unpaired) electrons. The Morgan fingerprint density at radius 3 is 2.00 bits per heavy atom. The average molecular weight is 381 g/mol.